The van der Waals surface area contributed by atoms with E-state index in [-0.39, 0.29) is 12.3 Å². The van der Waals surface area contributed by atoms with Crippen molar-refractivity contribution in [2.75, 3.05) is 13.7 Å². The number of methoxy groups -OCH3 is 1. The highest BCUT2D eigenvalue weighted by Crippen LogP contribution is 2.12. The van der Waals surface area contributed by atoms with Gasteiger partial charge in [0, 0.05) is 12.1 Å². The molecule has 0 unspecified atom stereocenters. The summed E-state index contributed by atoms with van der Waals surface area (Å²) in [6.07, 6.45) is 2.54. The maximum Gasteiger partial charge on any atom is 0.508 e. The van der Waals surface area contributed by atoms with Crippen molar-refractivity contribution in [3.8, 4) is 0 Å². The van der Waals surface area contributed by atoms with Crippen LogP contribution < -0.4 is 0 Å². The highest BCUT2D eigenvalue weighted by molar-refractivity contribution is 5.60. The van der Waals surface area contributed by atoms with Crippen LogP contribution in [0.2, 0.25) is 0 Å². The van der Waals surface area contributed by atoms with E-state index >= 15 is 0 Å². The van der Waals surface area contributed by atoms with Gasteiger partial charge in [0.1, 0.15) is 6.61 Å². The predicted molar refractivity (Wildman–Crippen MR) is 60.5 cm³/mol. The molecule has 0 fully saturated rings. The first-order valence-corrected chi connectivity index (χ1v) is 4.75. The average molecular weight is 237 g/mol. The van der Waals surface area contributed by atoms with E-state index in [2.05, 4.69) is 9.47 Å². The van der Waals surface area contributed by atoms with Gasteiger partial charge in [0.05, 0.1) is 12.0 Å². The number of nitrogens with zero attached hydrogens (tertiary/aromatic N) is 1. The van der Waals surface area contributed by atoms with Crippen LogP contribution >= 0.6 is 0 Å². The lowest BCUT2D eigenvalue weighted by molar-refractivity contribution is -0.384. The molecule has 0 atom stereocenters. The third-order valence-corrected chi connectivity index (χ3v) is 1.88. The summed E-state index contributed by atoms with van der Waals surface area (Å²) in [5, 5.41) is 10.4. The second-order valence-electron chi connectivity index (χ2n) is 3.02. The second-order valence-corrected chi connectivity index (χ2v) is 3.02. The Bertz CT molecular complexity index is 424. The number of nitro benzene ring substituents is 1. The van der Waals surface area contributed by atoms with Gasteiger partial charge in [-0.15, -0.1) is 0 Å². The molecule has 0 amide bonds. The summed E-state index contributed by atoms with van der Waals surface area (Å²) in [5.41, 5.74) is 0.817. The molecule has 1 aromatic carbocycles. The van der Waals surface area contributed by atoms with Crippen LogP contribution in [0.15, 0.2) is 30.3 Å². The Kier molecular flexibility index (Phi) is 4.68. The number of nitro groups is 1. The maximum absolute atomic E-state index is 10.6. The van der Waals surface area contributed by atoms with Gasteiger partial charge in [-0.3, -0.25) is 10.1 Å². The van der Waals surface area contributed by atoms with Crippen LogP contribution in [-0.4, -0.2) is 24.8 Å². The van der Waals surface area contributed by atoms with E-state index in [9.17, 15) is 14.9 Å². The van der Waals surface area contributed by atoms with Crippen LogP contribution in [0.1, 0.15) is 5.56 Å². The van der Waals surface area contributed by atoms with Crippen LogP contribution in [0.3, 0.4) is 0 Å². The molecule has 0 saturated carbocycles. The number of ether oxygens (including phenoxy) is 2. The molecule has 0 aliphatic carbocycles. The van der Waals surface area contributed by atoms with Crippen LogP contribution in [0.5, 0.6) is 0 Å². The van der Waals surface area contributed by atoms with Gasteiger partial charge < -0.3 is 9.47 Å². The minimum Gasteiger partial charge on any atom is -0.438 e. The number of hydrogen-bond donors (Lipinski definition) is 0. The molecule has 0 heterocycles. The van der Waals surface area contributed by atoms with E-state index in [1.165, 1.54) is 19.2 Å². The van der Waals surface area contributed by atoms with Crippen molar-refractivity contribution in [3.63, 3.8) is 0 Å². The summed E-state index contributed by atoms with van der Waals surface area (Å²) in [4.78, 5) is 20.5. The molecule has 0 aliphatic rings. The molecule has 0 radical (unpaired) electrons. The molecule has 1 rings (SSSR count). The number of carbonyl (C=O) groups excluding carboxylic acids is 1. The fourth-order valence-electron chi connectivity index (χ4n) is 1.07. The average Bonchev–Trinajstić information content (AvgIpc) is 2.34. The lowest BCUT2D eigenvalue weighted by atomic mass is 10.2. The second kappa shape index (κ2) is 6.26. The van der Waals surface area contributed by atoms with Crippen molar-refractivity contribution in [1.82, 2.24) is 0 Å². The largest absolute Gasteiger partial charge is 0.508 e. The quantitative estimate of drug-likeness (QED) is 0.456. The normalized spacial score (nSPS) is 10.2. The molecule has 0 spiro atoms. The zero-order valence-electron chi connectivity index (χ0n) is 9.16. The smallest absolute Gasteiger partial charge is 0.438 e. The van der Waals surface area contributed by atoms with E-state index in [0.717, 1.165) is 5.56 Å². The molecule has 6 heteroatoms. The lowest BCUT2D eigenvalue weighted by Gasteiger charge is -1.98. The van der Waals surface area contributed by atoms with Gasteiger partial charge in [-0.25, -0.2) is 4.79 Å². The van der Waals surface area contributed by atoms with Crippen molar-refractivity contribution >= 4 is 17.9 Å². The van der Waals surface area contributed by atoms with Gasteiger partial charge in [-0.05, 0) is 23.8 Å². The van der Waals surface area contributed by atoms with E-state index in [4.69, 9.17) is 0 Å². The van der Waals surface area contributed by atoms with Crippen LogP contribution in [-0.2, 0) is 9.47 Å². The van der Waals surface area contributed by atoms with E-state index in [1.54, 1.807) is 24.3 Å². The Balaban J connectivity index is 2.49. The molecule has 17 heavy (non-hydrogen) atoms. The maximum atomic E-state index is 10.6. The number of non-ortho nitro benzene ring substituents is 1. The Hall–Kier alpha value is -2.37. The topological polar surface area (TPSA) is 78.7 Å². The van der Waals surface area contributed by atoms with Gasteiger partial charge in [0.2, 0.25) is 0 Å². The zero-order valence-corrected chi connectivity index (χ0v) is 9.16. The van der Waals surface area contributed by atoms with E-state index in [1.807, 2.05) is 0 Å². The molecular weight excluding hydrogens is 226 g/mol. The summed E-state index contributed by atoms with van der Waals surface area (Å²) < 4.78 is 8.89. The number of benzene rings is 1. The minimum absolute atomic E-state index is 0.0351. The summed E-state index contributed by atoms with van der Waals surface area (Å²) in [7, 11) is 1.22. The number of rotatable bonds is 4. The number of carbonyl (C=O) groups is 1. The highest BCUT2D eigenvalue weighted by Gasteiger charge is 2.02. The molecule has 90 valence electrons. The summed E-state index contributed by atoms with van der Waals surface area (Å²) in [6, 6.07) is 6.02. The summed E-state index contributed by atoms with van der Waals surface area (Å²) >= 11 is 0. The SMILES string of the molecule is COC(=O)OCC=Cc1ccc([N+](=O)[O-])cc1. The van der Waals surface area contributed by atoms with Gasteiger partial charge >= 0.3 is 6.16 Å². The Morgan fingerprint density at radius 2 is 2.06 bits per heavy atom. The fourth-order valence-corrected chi connectivity index (χ4v) is 1.07. The standard InChI is InChI=1S/C11H11NO5/c1-16-11(13)17-8-2-3-9-4-6-10(7-5-9)12(14)15/h2-7H,8H2,1H3. The molecule has 0 aromatic heterocycles. The first-order valence-electron chi connectivity index (χ1n) is 4.75. The molecule has 1 aromatic rings. The first kappa shape index (κ1) is 12.7. The molecule has 0 saturated heterocycles. The molecule has 0 N–H and O–H groups in total. The molecule has 0 bridgehead atoms. The zero-order chi connectivity index (χ0) is 12.7. The van der Waals surface area contributed by atoms with Gasteiger partial charge in [0.25, 0.3) is 5.69 Å². The van der Waals surface area contributed by atoms with E-state index < -0.39 is 11.1 Å². The van der Waals surface area contributed by atoms with Crippen molar-refractivity contribution in [1.29, 1.82) is 0 Å². The van der Waals surface area contributed by atoms with Crippen LogP contribution in [0.25, 0.3) is 6.08 Å². The number of hydrogen-bond acceptors (Lipinski definition) is 5. The Labute approximate surface area is 97.6 Å². The van der Waals surface area contributed by atoms with Crippen molar-refractivity contribution in [2.24, 2.45) is 0 Å². The molecule has 6 nitrogen and oxygen atoms in total. The fraction of sp³-hybridized carbons (Fsp3) is 0.182. The van der Waals surface area contributed by atoms with Crippen molar-refractivity contribution in [2.45, 2.75) is 0 Å². The predicted octanol–water partition coefficient (Wildman–Crippen LogP) is 2.39. The molecule has 0 aliphatic heterocycles. The highest BCUT2D eigenvalue weighted by atomic mass is 16.7. The first-order chi connectivity index (χ1) is 8.13. The lowest BCUT2D eigenvalue weighted by Crippen LogP contribution is -2.03. The molecular formula is C11H11NO5. The monoisotopic (exact) mass is 237 g/mol. The third-order valence-electron chi connectivity index (χ3n) is 1.88. The van der Waals surface area contributed by atoms with Gasteiger partial charge in [-0.2, -0.15) is 0 Å². The van der Waals surface area contributed by atoms with Crippen LogP contribution in [0, 0.1) is 10.1 Å². The Morgan fingerprint density at radius 3 is 2.59 bits per heavy atom. The van der Waals surface area contributed by atoms with E-state index in [0.29, 0.717) is 0 Å². The van der Waals surface area contributed by atoms with Crippen molar-refractivity contribution in [3.05, 3.63) is 46.0 Å². The third kappa shape index (κ3) is 4.33. The summed E-state index contributed by atoms with van der Waals surface area (Å²) in [6.45, 7) is 0.0870. The van der Waals surface area contributed by atoms with Crippen LogP contribution in [0.4, 0.5) is 10.5 Å². The van der Waals surface area contributed by atoms with Crippen molar-refractivity contribution < 1.29 is 19.2 Å². The minimum atomic E-state index is -0.752. The Morgan fingerprint density at radius 1 is 1.41 bits per heavy atom. The van der Waals surface area contributed by atoms with Gasteiger partial charge in [0.15, 0.2) is 0 Å². The summed E-state index contributed by atoms with van der Waals surface area (Å²) in [5.74, 6) is 0. The van der Waals surface area contributed by atoms with Gasteiger partial charge in [-0.1, -0.05) is 6.08 Å².